The highest BCUT2D eigenvalue weighted by Crippen LogP contribution is 2.36. The van der Waals surface area contributed by atoms with Crippen LogP contribution in [0.3, 0.4) is 0 Å². The Morgan fingerprint density at radius 3 is 2.12 bits per heavy atom. The van der Waals surface area contributed by atoms with Gasteiger partial charge < -0.3 is 5.73 Å². The molecule has 0 radical (unpaired) electrons. The maximum Gasteiger partial charge on any atom is 0.319 e. The normalized spacial score (nSPS) is 14.4. The van der Waals surface area contributed by atoms with Crippen molar-refractivity contribution >= 4 is 22.5 Å². The third-order valence-corrected chi connectivity index (χ3v) is 6.33. The van der Waals surface area contributed by atoms with Gasteiger partial charge in [-0.1, -0.05) is 72.8 Å². The molecule has 1 aliphatic rings. The van der Waals surface area contributed by atoms with E-state index in [9.17, 15) is 4.79 Å². The topological polar surface area (TPSA) is 62.5 Å². The molecule has 5 heteroatoms. The van der Waals surface area contributed by atoms with Crippen molar-refractivity contribution < 1.29 is 4.79 Å². The summed E-state index contributed by atoms with van der Waals surface area (Å²) in [5, 5.41) is 2.04. The minimum absolute atomic E-state index is 0.0153. The average molecular weight is 423 g/mol. The highest BCUT2D eigenvalue weighted by molar-refractivity contribution is 6.03. The summed E-state index contributed by atoms with van der Waals surface area (Å²) in [7, 11) is 0. The molecule has 0 atom stereocenters. The largest absolute Gasteiger partial charge is 0.351 e. The van der Waals surface area contributed by atoms with Crippen molar-refractivity contribution in [1.29, 1.82) is 0 Å². The van der Waals surface area contributed by atoms with Gasteiger partial charge in [0.05, 0.1) is 17.8 Å². The van der Waals surface area contributed by atoms with E-state index in [0.29, 0.717) is 0 Å². The number of hydrogen-bond donors (Lipinski definition) is 1. The SMILES string of the molecule is Cc1nccc2c(N(C(N)=O)C3CN(C(c4ccccc4)c4ccccc4)C3)cccc12. The Bertz CT molecular complexity index is 1200. The Hall–Kier alpha value is -3.70. The van der Waals surface area contributed by atoms with Crippen molar-refractivity contribution in [1.82, 2.24) is 9.88 Å². The molecule has 2 heterocycles. The van der Waals surface area contributed by atoms with E-state index >= 15 is 0 Å². The number of likely N-dealkylation sites (tertiary alicyclic amines) is 1. The number of carbonyl (C=O) groups is 1. The standard InChI is InChI=1S/C27H26N4O/c1-19-23-13-8-14-25(24(23)15-16-29-19)31(27(28)32)22-17-30(18-22)26(20-9-4-2-5-10-20)21-11-6-3-7-12-21/h2-16,22,26H,17-18H2,1H3,(H2,28,32). The predicted molar refractivity (Wildman–Crippen MR) is 129 cm³/mol. The molecule has 3 aromatic carbocycles. The van der Waals surface area contributed by atoms with Crippen LogP contribution in [0.1, 0.15) is 22.9 Å². The Morgan fingerprint density at radius 1 is 0.906 bits per heavy atom. The Morgan fingerprint density at radius 2 is 1.53 bits per heavy atom. The number of hydrogen-bond acceptors (Lipinski definition) is 3. The number of primary amides is 1. The van der Waals surface area contributed by atoms with Crippen LogP contribution in [0.5, 0.6) is 0 Å². The van der Waals surface area contributed by atoms with Gasteiger partial charge in [-0.2, -0.15) is 0 Å². The molecule has 1 saturated heterocycles. The number of nitrogens with two attached hydrogens (primary N) is 1. The summed E-state index contributed by atoms with van der Waals surface area (Å²) in [4.78, 5) is 21.1. The van der Waals surface area contributed by atoms with Crippen LogP contribution in [0.4, 0.5) is 10.5 Å². The molecular formula is C27H26N4O. The lowest BCUT2D eigenvalue weighted by atomic mass is 9.92. The Kier molecular flexibility index (Phi) is 5.33. The van der Waals surface area contributed by atoms with Gasteiger partial charge in [0.15, 0.2) is 0 Å². The van der Waals surface area contributed by atoms with E-state index in [1.807, 2.05) is 43.3 Å². The maximum absolute atomic E-state index is 12.6. The molecule has 2 amide bonds. The lowest BCUT2D eigenvalue weighted by molar-refractivity contribution is 0.111. The van der Waals surface area contributed by atoms with Crippen LogP contribution in [-0.4, -0.2) is 35.0 Å². The predicted octanol–water partition coefficient (Wildman–Crippen LogP) is 4.90. The number of anilines is 1. The van der Waals surface area contributed by atoms with E-state index in [0.717, 1.165) is 35.2 Å². The molecule has 5 nitrogen and oxygen atoms in total. The molecule has 0 saturated carbocycles. The molecule has 2 N–H and O–H groups in total. The summed E-state index contributed by atoms with van der Waals surface area (Å²) in [6, 6.07) is 28.7. The number of pyridine rings is 1. The van der Waals surface area contributed by atoms with Gasteiger partial charge in [-0.05, 0) is 30.2 Å². The van der Waals surface area contributed by atoms with Crippen LogP contribution in [0.15, 0.2) is 91.1 Å². The first-order valence-corrected chi connectivity index (χ1v) is 10.9. The zero-order chi connectivity index (χ0) is 22.1. The molecule has 1 aromatic heterocycles. The van der Waals surface area contributed by atoms with Crippen LogP contribution in [0.25, 0.3) is 10.8 Å². The Labute approximate surface area is 188 Å². The molecule has 1 aliphatic heterocycles. The van der Waals surface area contributed by atoms with E-state index < -0.39 is 6.03 Å². The molecule has 0 bridgehead atoms. The van der Waals surface area contributed by atoms with Gasteiger partial charge in [0, 0.05) is 35.8 Å². The molecule has 160 valence electrons. The summed E-state index contributed by atoms with van der Waals surface area (Å²) >= 11 is 0. The third kappa shape index (κ3) is 3.61. The molecule has 32 heavy (non-hydrogen) atoms. The lowest BCUT2D eigenvalue weighted by Gasteiger charge is -2.48. The minimum atomic E-state index is -0.424. The minimum Gasteiger partial charge on any atom is -0.351 e. The quantitative estimate of drug-likeness (QED) is 0.497. The second kappa shape index (κ2) is 8.44. The lowest BCUT2D eigenvalue weighted by Crippen LogP contribution is -2.62. The molecule has 0 aliphatic carbocycles. The van der Waals surface area contributed by atoms with Gasteiger partial charge in [0.1, 0.15) is 0 Å². The molecule has 0 unspecified atom stereocenters. The number of aromatic nitrogens is 1. The van der Waals surface area contributed by atoms with Gasteiger partial charge in [-0.15, -0.1) is 0 Å². The van der Waals surface area contributed by atoms with Gasteiger partial charge in [-0.25, -0.2) is 4.79 Å². The van der Waals surface area contributed by atoms with E-state index in [4.69, 9.17) is 5.73 Å². The first kappa shape index (κ1) is 20.2. The van der Waals surface area contributed by atoms with Crippen LogP contribution in [0.2, 0.25) is 0 Å². The highest BCUT2D eigenvalue weighted by Gasteiger charge is 2.39. The first-order valence-electron chi connectivity index (χ1n) is 10.9. The van der Waals surface area contributed by atoms with Crippen molar-refractivity contribution in [3.05, 3.63) is 108 Å². The van der Waals surface area contributed by atoms with E-state index in [1.165, 1.54) is 11.1 Å². The van der Waals surface area contributed by atoms with Crippen LogP contribution < -0.4 is 10.6 Å². The summed E-state index contributed by atoms with van der Waals surface area (Å²) in [6.07, 6.45) is 1.79. The summed E-state index contributed by atoms with van der Waals surface area (Å²) in [5.74, 6) is 0. The van der Waals surface area contributed by atoms with Crippen molar-refractivity contribution in [2.45, 2.75) is 19.0 Å². The summed E-state index contributed by atoms with van der Waals surface area (Å²) in [5.41, 5.74) is 10.2. The zero-order valence-corrected chi connectivity index (χ0v) is 18.1. The van der Waals surface area contributed by atoms with Gasteiger partial charge in [0.2, 0.25) is 0 Å². The summed E-state index contributed by atoms with van der Waals surface area (Å²) < 4.78 is 0. The number of fused-ring (bicyclic) bond motifs is 1. The van der Waals surface area contributed by atoms with E-state index in [1.54, 1.807) is 11.1 Å². The molecule has 0 spiro atoms. The second-order valence-corrected chi connectivity index (χ2v) is 8.31. The fourth-order valence-corrected chi connectivity index (χ4v) is 4.79. The summed E-state index contributed by atoms with van der Waals surface area (Å²) in [6.45, 7) is 3.48. The van der Waals surface area contributed by atoms with Crippen molar-refractivity contribution in [2.75, 3.05) is 18.0 Å². The number of rotatable bonds is 5. The fraction of sp³-hybridized carbons (Fsp3) is 0.185. The number of carbonyl (C=O) groups excluding carboxylic acids is 1. The number of aryl methyl sites for hydroxylation is 1. The highest BCUT2D eigenvalue weighted by atomic mass is 16.2. The Balaban J connectivity index is 1.46. The van der Waals surface area contributed by atoms with E-state index in [2.05, 4.69) is 58.4 Å². The molecule has 1 fully saturated rings. The zero-order valence-electron chi connectivity index (χ0n) is 18.1. The number of amides is 2. The van der Waals surface area contributed by atoms with Gasteiger partial charge in [0.25, 0.3) is 0 Å². The van der Waals surface area contributed by atoms with Crippen LogP contribution >= 0.6 is 0 Å². The number of nitrogens with zero attached hydrogens (tertiary/aromatic N) is 3. The maximum atomic E-state index is 12.6. The third-order valence-electron chi connectivity index (χ3n) is 6.33. The molecule has 5 rings (SSSR count). The monoisotopic (exact) mass is 422 g/mol. The fourth-order valence-electron chi connectivity index (χ4n) is 4.79. The number of urea groups is 1. The van der Waals surface area contributed by atoms with Crippen LogP contribution in [-0.2, 0) is 0 Å². The van der Waals surface area contributed by atoms with Gasteiger partial charge in [-0.3, -0.25) is 14.8 Å². The molecular weight excluding hydrogens is 396 g/mol. The second-order valence-electron chi connectivity index (χ2n) is 8.31. The van der Waals surface area contributed by atoms with E-state index in [-0.39, 0.29) is 12.1 Å². The van der Waals surface area contributed by atoms with Gasteiger partial charge >= 0.3 is 6.03 Å². The molecule has 4 aromatic rings. The van der Waals surface area contributed by atoms with Crippen molar-refractivity contribution in [2.24, 2.45) is 5.73 Å². The smallest absolute Gasteiger partial charge is 0.319 e. The van der Waals surface area contributed by atoms with Crippen molar-refractivity contribution in [3.63, 3.8) is 0 Å². The first-order chi connectivity index (χ1) is 15.6. The average Bonchev–Trinajstić information content (AvgIpc) is 2.79. The number of benzene rings is 3. The van der Waals surface area contributed by atoms with Crippen molar-refractivity contribution in [3.8, 4) is 0 Å². The van der Waals surface area contributed by atoms with Crippen LogP contribution in [0, 0.1) is 6.92 Å².